The van der Waals surface area contributed by atoms with Crippen LogP contribution in [0.3, 0.4) is 0 Å². The van der Waals surface area contributed by atoms with Crippen LogP contribution in [0.5, 0.6) is 0 Å². The zero-order valence-corrected chi connectivity index (χ0v) is 17.0. The first-order valence-corrected chi connectivity index (χ1v) is 9.28. The number of aromatic nitrogens is 3. The quantitative estimate of drug-likeness (QED) is 0.785. The molecule has 1 aromatic heterocycles. The summed E-state index contributed by atoms with van der Waals surface area (Å²) >= 11 is 0. The summed E-state index contributed by atoms with van der Waals surface area (Å²) in [6.07, 6.45) is 6.94. The highest BCUT2D eigenvalue weighted by atomic mass is 35.5. The molecule has 2 aliphatic heterocycles. The first-order chi connectivity index (χ1) is 12.2. The average Bonchev–Trinajstić information content (AvgIpc) is 3.07. The van der Waals surface area contributed by atoms with E-state index in [0.717, 1.165) is 61.7 Å². The van der Waals surface area contributed by atoms with Gasteiger partial charge in [0.25, 0.3) is 0 Å². The second kappa shape index (κ2) is 9.42. The van der Waals surface area contributed by atoms with Crippen molar-refractivity contribution in [1.29, 1.82) is 0 Å². The van der Waals surface area contributed by atoms with E-state index < -0.39 is 0 Å². The lowest BCUT2D eigenvalue weighted by Gasteiger charge is -2.35. The molecule has 148 valence electrons. The summed E-state index contributed by atoms with van der Waals surface area (Å²) in [4.78, 5) is 15.0. The van der Waals surface area contributed by atoms with E-state index in [2.05, 4.69) is 14.8 Å². The lowest BCUT2D eigenvalue weighted by Crippen LogP contribution is -2.40. The third-order valence-electron chi connectivity index (χ3n) is 5.34. The van der Waals surface area contributed by atoms with Gasteiger partial charge in [0.05, 0.1) is 12.5 Å². The summed E-state index contributed by atoms with van der Waals surface area (Å²) in [5, 5.41) is 8.86. The van der Waals surface area contributed by atoms with Crippen LogP contribution in [0.4, 0.5) is 5.69 Å². The van der Waals surface area contributed by atoms with Gasteiger partial charge in [0.1, 0.15) is 5.82 Å². The number of carbonyl (C=O) groups is 1. The zero-order chi connectivity index (χ0) is 17.2. The smallest absolute Gasteiger partial charge is 0.227 e. The van der Waals surface area contributed by atoms with E-state index in [-0.39, 0.29) is 36.8 Å². The largest absolute Gasteiger partial charge is 0.399 e. The molecule has 1 fully saturated rings. The maximum Gasteiger partial charge on any atom is 0.227 e. The molecule has 2 N–H and O–H groups in total. The van der Waals surface area contributed by atoms with Crippen LogP contribution in [0, 0.1) is 0 Å². The van der Waals surface area contributed by atoms with Gasteiger partial charge < -0.3 is 15.2 Å². The molecule has 1 amide bonds. The Kier molecular flexibility index (Phi) is 7.50. The van der Waals surface area contributed by atoms with Gasteiger partial charge in [-0.15, -0.1) is 35.0 Å². The van der Waals surface area contributed by atoms with Crippen LogP contribution in [-0.2, 0) is 24.2 Å². The first kappa shape index (κ1) is 21.5. The highest BCUT2D eigenvalue weighted by Crippen LogP contribution is 2.32. The molecule has 2 aromatic rings. The van der Waals surface area contributed by atoms with Crippen molar-refractivity contribution in [2.45, 2.75) is 57.5 Å². The van der Waals surface area contributed by atoms with E-state index >= 15 is 0 Å². The predicted octanol–water partition coefficient (Wildman–Crippen LogP) is 3.34. The molecule has 1 unspecified atom stereocenters. The number of piperidine rings is 1. The number of halogens is 2. The maximum atomic E-state index is 13.0. The standard InChI is InChI=1S/C19H25N5O.2ClH/c20-15-9-7-14(8-10-15)13-18(25)23-11-3-1-5-16(23)19-22-21-17-6-2-4-12-24(17)19;;/h7-10,16H,1-6,11-13,20H2;2*1H. The van der Waals surface area contributed by atoms with Crippen molar-refractivity contribution in [3.05, 3.63) is 41.5 Å². The summed E-state index contributed by atoms with van der Waals surface area (Å²) in [6, 6.07) is 7.64. The highest BCUT2D eigenvalue weighted by molar-refractivity contribution is 5.85. The van der Waals surface area contributed by atoms with E-state index in [4.69, 9.17) is 5.73 Å². The molecule has 1 saturated heterocycles. The fraction of sp³-hybridized carbons (Fsp3) is 0.526. The van der Waals surface area contributed by atoms with Crippen molar-refractivity contribution in [3.8, 4) is 0 Å². The highest BCUT2D eigenvalue weighted by Gasteiger charge is 2.32. The number of likely N-dealkylation sites (tertiary alicyclic amines) is 1. The van der Waals surface area contributed by atoms with Gasteiger partial charge in [0.15, 0.2) is 5.82 Å². The predicted molar refractivity (Wildman–Crippen MR) is 110 cm³/mol. The van der Waals surface area contributed by atoms with Gasteiger partial charge in [-0.2, -0.15) is 0 Å². The SMILES string of the molecule is Cl.Cl.Nc1ccc(CC(=O)N2CCCCC2c2nnc3n2CCCC3)cc1. The van der Waals surface area contributed by atoms with Gasteiger partial charge in [-0.05, 0) is 49.8 Å². The van der Waals surface area contributed by atoms with Crippen LogP contribution >= 0.6 is 24.8 Å². The zero-order valence-electron chi connectivity index (χ0n) is 15.3. The molecule has 0 spiro atoms. The Balaban J connectivity index is 0.00000131. The minimum atomic E-state index is 0. The summed E-state index contributed by atoms with van der Waals surface area (Å²) in [7, 11) is 0. The molecule has 27 heavy (non-hydrogen) atoms. The minimum absolute atomic E-state index is 0. The normalized spacial score (nSPS) is 18.8. The summed E-state index contributed by atoms with van der Waals surface area (Å²) < 4.78 is 2.25. The lowest BCUT2D eigenvalue weighted by atomic mass is 9.99. The van der Waals surface area contributed by atoms with Crippen molar-refractivity contribution in [2.75, 3.05) is 12.3 Å². The molecular formula is C19H27Cl2N5O. The number of rotatable bonds is 3. The summed E-state index contributed by atoms with van der Waals surface area (Å²) in [5.74, 6) is 2.24. The Bertz CT molecular complexity index is 762. The molecule has 0 bridgehead atoms. The van der Waals surface area contributed by atoms with E-state index in [0.29, 0.717) is 6.42 Å². The fourth-order valence-electron chi connectivity index (χ4n) is 3.99. The number of nitrogens with two attached hydrogens (primary N) is 1. The van der Waals surface area contributed by atoms with Gasteiger partial charge >= 0.3 is 0 Å². The number of anilines is 1. The van der Waals surface area contributed by atoms with Crippen LogP contribution in [0.25, 0.3) is 0 Å². The number of aryl methyl sites for hydroxylation is 1. The Labute approximate surface area is 172 Å². The van der Waals surface area contributed by atoms with Crippen LogP contribution in [0.2, 0.25) is 0 Å². The second-order valence-corrected chi connectivity index (χ2v) is 7.10. The first-order valence-electron chi connectivity index (χ1n) is 9.28. The van der Waals surface area contributed by atoms with E-state index in [1.807, 2.05) is 29.2 Å². The van der Waals surface area contributed by atoms with Crippen LogP contribution in [0.15, 0.2) is 24.3 Å². The second-order valence-electron chi connectivity index (χ2n) is 7.10. The van der Waals surface area contributed by atoms with Crippen LogP contribution in [0.1, 0.15) is 55.4 Å². The molecule has 1 aromatic carbocycles. The average molecular weight is 412 g/mol. The summed E-state index contributed by atoms with van der Waals surface area (Å²) in [5.41, 5.74) is 7.47. The van der Waals surface area contributed by atoms with Gasteiger partial charge in [-0.3, -0.25) is 4.79 Å². The molecule has 0 radical (unpaired) electrons. The lowest BCUT2D eigenvalue weighted by molar-refractivity contribution is -0.134. The molecule has 2 aliphatic rings. The molecule has 8 heteroatoms. The minimum Gasteiger partial charge on any atom is -0.399 e. The number of carbonyl (C=O) groups excluding carboxylic acids is 1. The Morgan fingerprint density at radius 3 is 2.56 bits per heavy atom. The Morgan fingerprint density at radius 1 is 1.04 bits per heavy atom. The number of fused-ring (bicyclic) bond motifs is 1. The van der Waals surface area contributed by atoms with Crippen molar-refractivity contribution >= 4 is 36.4 Å². The number of amides is 1. The number of nitrogens with zero attached hydrogens (tertiary/aromatic N) is 4. The van der Waals surface area contributed by atoms with Crippen molar-refractivity contribution < 1.29 is 4.79 Å². The molecular weight excluding hydrogens is 385 g/mol. The van der Waals surface area contributed by atoms with Crippen molar-refractivity contribution in [1.82, 2.24) is 19.7 Å². The third-order valence-corrected chi connectivity index (χ3v) is 5.34. The molecule has 6 nitrogen and oxygen atoms in total. The van der Waals surface area contributed by atoms with Crippen LogP contribution < -0.4 is 5.73 Å². The summed E-state index contributed by atoms with van der Waals surface area (Å²) in [6.45, 7) is 1.79. The fourth-order valence-corrected chi connectivity index (χ4v) is 3.99. The maximum absolute atomic E-state index is 13.0. The monoisotopic (exact) mass is 411 g/mol. The van der Waals surface area contributed by atoms with Crippen molar-refractivity contribution in [2.24, 2.45) is 0 Å². The third kappa shape index (κ3) is 4.55. The number of nitrogen functional groups attached to an aromatic ring is 1. The van der Waals surface area contributed by atoms with Gasteiger partial charge in [-0.1, -0.05) is 12.1 Å². The molecule has 3 heterocycles. The van der Waals surface area contributed by atoms with Gasteiger partial charge in [-0.25, -0.2) is 0 Å². The molecule has 0 aliphatic carbocycles. The Hall–Kier alpha value is -1.79. The number of benzene rings is 1. The number of hydrogen-bond donors (Lipinski definition) is 1. The van der Waals surface area contributed by atoms with Gasteiger partial charge in [0.2, 0.25) is 5.91 Å². The topological polar surface area (TPSA) is 77.0 Å². The molecule has 1 atom stereocenters. The Morgan fingerprint density at radius 2 is 1.78 bits per heavy atom. The van der Waals surface area contributed by atoms with Crippen molar-refractivity contribution in [3.63, 3.8) is 0 Å². The van der Waals surface area contributed by atoms with E-state index in [1.54, 1.807) is 0 Å². The number of hydrogen-bond acceptors (Lipinski definition) is 4. The van der Waals surface area contributed by atoms with E-state index in [9.17, 15) is 4.79 Å². The van der Waals surface area contributed by atoms with E-state index in [1.165, 1.54) is 12.8 Å². The molecule has 4 rings (SSSR count). The molecule has 0 saturated carbocycles. The van der Waals surface area contributed by atoms with Gasteiger partial charge in [0, 0.05) is 25.2 Å². The van der Waals surface area contributed by atoms with Crippen LogP contribution in [-0.4, -0.2) is 32.1 Å².